The number of carbonyl (C=O) groups is 2. The third-order valence-corrected chi connectivity index (χ3v) is 1.99. The van der Waals surface area contributed by atoms with Crippen LogP contribution in [0.4, 0.5) is 0 Å². The number of carbonyl (C=O) groups excluding carboxylic acids is 1. The summed E-state index contributed by atoms with van der Waals surface area (Å²) >= 11 is 0. The minimum atomic E-state index is -1.17. The van der Waals surface area contributed by atoms with E-state index in [9.17, 15) is 9.59 Å². The number of ether oxygens (including phenoxy) is 2. The average molecular weight is 236 g/mol. The number of esters is 1. The first-order chi connectivity index (χ1) is 8.10. The van der Waals surface area contributed by atoms with Gasteiger partial charge in [-0.15, -0.1) is 0 Å². The Morgan fingerprint density at radius 2 is 2.18 bits per heavy atom. The van der Waals surface area contributed by atoms with E-state index in [1.807, 2.05) is 0 Å². The Kier molecular flexibility index (Phi) is 4.28. The number of hydrogen-bond acceptors (Lipinski definition) is 4. The smallest absolute Gasteiger partial charge is 0.339 e. The molecule has 0 atom stereocenters. The Morgan fingerprint density at radius 3 is 2.71 bits per heavy atom. The Labute approximate surface area is 98.3 Å². The van der Waals surface area contributed by atoms with Gasteiger partial charge < -0.3 is 14.6 Å². The monoisotopic (exact) mass is 236 g/mol. The molecule has 0 bridgehead atoms. The van der Waals surface area contributed by atoms with Crippen molar-refractivity contribution in [2.45, 2.75) is 0 Å². The van der Waals surface area contributed by atoms with Crippen LogP contribution in [0.5, 0.6) is 5.75 Å². The maximum Gasteiger partial charge on any atom is 0.339 e. The summed E-state index contributed by atoms with van der Waals surface area (Å²) in [5.41, 5.74) is 0.0746. The van der Waals surface area contributed by atoms with Gasteiger partial charge in [0.15, 0.2) is 0 Å². The van der Waals surface area contributed by atoms with Gasteiger partial charge in [-0.25, -0.2) is 9.59 Å². The van der Waals surface area contributed by atoms with Crippen molar-refractivity contribution in [1.82, 2.24) is 0 Å². The van der Waals surface area contributed by atoms with Crippen LogP contribution in [0.3, 0.4) is 0 Å². The first-order valence-electron chi connectivity index (χ1n) is 4.79. The number of methoxy groups -OCH3 is 1. The molecule has 0 amide bonds. The number of carboxylic acids is 1. The van der Waals surface area contributed by atoms with Crippen molar-refractivity contribution in [3.63, 3.8) is 0 Å². The van der Waals surface area contributed by atoms with Crippen molar-refractivity contribution in [2.24, 2.45) is 0 Å². The van der Waals surface area contributed by atoms with E-state index >= 15 is 0 Å². The highest BCUT2D eigenvalue weighted by molar-refractivity contribution is 5.96. The summed E-state index contributed by atoms with van der Waals surface area (Å²) in [6, 6.07) is 4.07. The second kappa shape index (κ2) is 5.69. The van der Waals surface area contributed by atoms with E-state index in [0.717, 1.165) is 0 Å². The van der Waals surface area contributed by atoms with Crippen molar-refractivity contribution < 1.29 is 24.2 Å². The lowest BCUT2D eigenvalue weighted by Crippen LogP contribution is -2.07. The molecule has 0 radical (unpaired) electrons. The predicted octanol–water partition coefficient (Wildman–Crippen LogP) is 1.74. The van der Waals surface area contributed by atoms with Gasteiger partial charge in [-0.1, -0.05) is 12.7 Å². The molecule has 0 heterocycles. The molecule has 0 spiro atoms. The molecule has 0 aliphatic carbocycles. The van der Waals surface area contributed by atoms with Gasteiger partial charge in [0.05, 0.1) is 12.7 Å². The molecule has 0 aliphatic rings. The summed E-state index contributed by atoms with van der Waals surface area (Å²) in [6.07, 6.45) is 1.50. The van der Waals surface area contributed by atoms with Crippen LogP contribution in [0, 0.1) is 0 Å². The molecule has 0 aliphatic heterocycles. The van der Waals surface area contributed by atoms with Crippen LogP contribution in [-0.4, -0.2) is 30.8 Å². The Bertz CT molecular complexity index is 450. The van der Waals surface area contributed by atoms with Crippen LogP contribution in [-0.2, 0) is 4.74 Å². The zero-order chi connectivity index (χ0) is 12.8. The summed E-state index contributed by atoms with van der Waals surface area (Å²) in [7, 11) is 1.23. The molecule has 90 valence electrons. The Balaban J connectivity index is 3.12. The van der Waals surface area contributed by atoms with Crippen LogP contribution in [0.25, 0.3) is 0 Å². The van der Waals surface area contributed by atoms with Gasteiger partial charge in [-0.05, 0) is 18.2 Å². The molecule has 5 heteroatoms. The molecule has 0 fully saturated rings. The molecular formula is C12H12O5. The fourth-order valence-corrected chi connectivity index (χ4v) is 1.22. The van der Waals surface area contributed by atoms with Crippen molar-refractivity contribution >= 4 is 11.9 Å². The van der Waals surface area contributed by atoms with Crippen LogP contribution in [0.15, 0.2) is 30.9 Å². The quantitative estimate of drug-likeness (QED) is 0.622. The van der Waals surface area contributed by atoms with Crippen molar-refractivity contribution in [3.8, 4) is 5.75 Å². The number of hydrogen-bond donors (Lipinski definition) is 1. The summed E-state index contributed by atoms with van der Waals surface area (Å²) in [5.74, 6) is -1.58. The van der Waals surface area contributed by atoms with Crippen LogP contribution in [0.2, 0.25) is 0 Å². The fraction of sp³-hybridized carbons (Fsp3) is 0.167. The van der Waals surface area contributed by atoms with E-state index < -0.39 is 11.9 Å². The van der Waals surface area contributed by atoms with E-state index in [2.05, 4.69) is 11.3 Å². The third-order valence-electron chi connectivity index (χ3n) is 1.99. The van der Waals surface area contributed by atoms with Crippen molar-refractivity contribution in [2.75, 3.05) is 13.7 Å². The largest absolute Gasteiger partial charge is 0.489 e. The predicted molar refractivity (Wildman–Crippen MR) is 60.4 cm³/mol. The van der Waals surface area contributed by atoms with Crippen LogP contribution < -0.4 is 4.74 Å². The van der Waals surface area contributed by atoms with Crippen LogP contribution in [0.1, 0.15) is 20.7 Å². The molecule has 0 unspecified atom stereocenters. The van der Waals surface area contributed by atoms with Gasteiger partial charge >= 0.3 is 11.9 Å². The SMILES string of the molecule is C=CCOc1ccc(C(=O)OC)cc1C(=O)O. The van der Waals surface area contributed by atoms with Gasteiger partial charge in [-0.3, -0.25) is 0 Å². The zero-order valence-electron chi connectivity index (χ0n) is 9.30. The third kappa shape index (κ3) is 3.07. The fourth-order valence-electron chi connectivity index (χ4n) is 1.22. The van der Waals surface area contributed by atoms with Gasteiger partial charge in [0.2, 0.25) is 0 Å². The van der Waals surface area contributed by atoms with Crippen LogP contribution >= 0.6 is 0 Å². The summed E-state index contributed by atoms with van der Waals surface area (Å²) < 4.78 is 9.67. The summed E-state index contributed by atoms with van der Waals surface area (Å²) in [6.45, 7) is 3.66. The van der Waals surface area contributed by atoms with Gasteiger partial charge in [0.25, 0.3) is 0 Å². The number of rotatable bonds is 5. The van der Waals surface area contributed by atoms with E-state index in [4.69, 9.17) is 9.84 Å². The molecule has 1 rings (SSSR count). The summed E-state index contributed by atoms with van der Waals surface area (Å²) in [4.78, 5) is 22.2. The highest BCUT2D eigenvalue weighted by atomic mass is 16.5. The first kappa shape index (κ1) is 12.8. The topological polar surface area (TPSA) is 72.8 Å². The number of aromatic carboxylic acids is 1. The molecule has 1 aromatic rings. The van der Waals surface area contributed by atoms with Crippen molar-refractivity contribution in [3.05, 3.63) is 42.0 Å². The lowest BCUT2D eigenvalue weighted by atomic mass is 10.1. The second-order valence-corrected chi connectivity index (χ2v) is 3.11. The molecule has 0 saturated carbocycles. The molecule has 1 N–H and O–H groups in total. The number of benzene rings is 1. The highest BCUT2D eigenvalue weighted by Crippen LogP contribution is 2.20. The zero-order valence-corrected chi connectivity index (χ0v) is 9.30. The van der Waals surface area contributed by atoms with E-state index in [0.29, 0.717) is 0 Å². The number of carboxylic acid groups (broad SMARTS) is 1. The molecule has 0 saturated heterocycles. The normalized spacial score (nSPS) is 9.47. The highest BCUT2D eigenvalue weighted by Gasteiger charge is 2.15. The molecule has 0 aromatic heterocycles. The summed E-state index contributed by atoms with van der Waals surface area (Å²) in [5, 5.41) is 8.99. The van der Waals surface area contributed by atoms with Crippen molar-refractivity contribution in [1.29, 1.82) is 0 Å². The molecular weight excluding hydrogens is 224 g/mol. The first-order valence-corrected chi connectivity index (χ1v) is 4.79. The van der Waals surface area contributed by atoms with E-state index in [-0.39, 0.29) is 23.5 Å². The Hall–Kier alpha value is -2.30. The average Bonchev–Trinajstić information content (AvgIpc) is 2.35. The van der Waals surface area contributed by atoms with E-state index in [1.54, 1.807) is 0 Å². The van der Waals surface area contributed by atoms with Gasteiger partial charge in [0.1, 0.15) is 17.9 Å². The standard InChI is InChI=1S/C12H12O5/c1-3-6-17-10-5-4-8(12(15)16-2)7-9(10)11(13)14/h3-5,7H,1,6H2,2H3,(H,13,14). The maximum atomic E-state index is 11.2. The minimum Gasteiger partial charge on any atom is -0.489 e. The minimum absolute atomic E-state index is 0.0882. The maximum absolute atomic E-state index is 11.2. The van der Waals surface area contributed by atoms with E-state index in [1.165, 1.54) is 31.4 Å². The lowest BCUT2D eigenvalue weighted by Gasteiger charge is -2.08. The van der Waals surface area contributed by atoms with Gasteiger partial charge in [-0.2, -0.15) is 0 Å². The lowest BCUT2D eigenvalue weighted by molar-refractivity contribution is 0.0600. The molecule has 17 heavy (non-hydrogen) atoms. The van der Waals surface area contributed by atoms with Gasteiger partial charge in [0, 0.05) is 0 Å². The second-order valence-electron chi connectivity index (χ2n) is 3.11. The molecule has 1 aromatic carbocycles. The Morgan fingerprint density at radius 1 is 1.47 bits per heavy atom. The molecule has 5 nitrogen and oxygen atoms in total.